The second-order valence-electron chi connectivity index (χ2n) is 5.47. The molecule has 0 unspecified atom stereocenters. The Morgan fingerprint density at radius 3 is 2.52 bits per heavy atom. The zero-order valence-electron chi connectivity index (χ0n) is 12.6. The molecule has 8 heteroatoms. The number of halogens is 1. The fourth-order valence-corrected chi connectivity index (χ4v) is 3.13. The molecule has 6 nitrogen and oxygen atoms in total. The molecule has 0 saturated carbocycles. The third-order valence-electron chi connectivity index (χ3n) is 3.76. The van der Waals surface area contributed by atoms with Crippen molar-refractivity contribution in [2.75, 3.05) is 38.0 Å². The molecule has 23 heavy (non-hydrogen) atoms. The quantitative estimate of drug-likeness (QED) is 0.892. The van der Waals surface area contributed by atoms with Gasteiger partial charge >= 0.3 is 0 Å². The van der Waals surface area contributed by atoms with Crippen molar-refractivity contribution in [3.8, 4) is 0 Å². The van der Waals surface area contributed by atoms with Crippen molar-refractivity contribution < 1.29 is 4.79 Å². The lowest BCUT2D eigenvalue weighted by Crippen LogP contribution is -2.48. The number of nitrogens with one attached hydrogen (secondary N) is 1. The highest BCUT2D eigenvalue weighted by molar-refractivity contribution is 7.13. The van der Waals surface area contributed by atoms with Crippen molar-refractivity contribution in [2.24, 2.45) is 0 Å². The van der Waals surface area contributed by atoms with Crippen LogP contribution in [0.3, 0.4) is 0 Å². The summed E-state index contributed by atoms with van der Waals surface area (Å²) in [5.74, 6) is -0.0344. The van der Waals surface area contributed by atoms with Gasteiger partial charge in [0.2, 0.25) is 11.0 Å². The van der Waals surface area contributed by atoms with Crippen LogP contribution >= 0.6 is 22.9 Å². The van der Waals surface area contributed by atoms with Gasteiger partial charge < -0.3 is 0 Å². The maximum Gasteiger partial charge on any atom is 0.240 e. The lowest BCUT2D eigenvalue weighted by atomic mass is 10.2. The van der Waals surface area contributed by atoms with E-state index >= 15 is 0 Å². The topological polar surface area (TPSA) is 61.4 Å². The summed E-state index contributed by atoms with van der Waals surface area (Å²) in [6, 6.07) is 7.96. The molecule has 1 amide bonds. The second kappa shape index (κ2) is 7.83. The number of nitrogens with zero attached hydrogens (tertiary/aromatic N) is 4. The summed E-state index contributed by atoms with van der Waals surface area (Å²) in [6.45, 7) is 4.99. The van der Waals surface area contributed by atoms with E-state index in [1.165, 1.54) is 16.9 Å². The normalized spacial score (nSPS) is 16.4. The van der Waals surface area contributed by atoms with Crippen molar-refractivity contribution in [3.05, 3.63) is 40.4 Å². The van der Waals surface area contributed by atoms with Crippen LogP contribution in [0.4, 0.5) is 5.13 Å². The number of aromatic nitrogens is 2. The molecule has 0 bridgehead atoms. The number of hydrogen-bond acceptors (Lipinski definition) is 6. The van der Waals surface area contributed by atoms with E-state index in [1.807, 2.05) is 12.1 Å². The molecule has 0 spiro atoms. The largest absolute Gasteiger partial charge is 0.299 e. The van der Waals surface area contributed by atoms with Crippen LogP contribution in [0.25, 0.3) is 0 Å². The number of anilines is 1. The predicted molar refractivity (Wildman–Crippen MR) is 91.7 cm³/mol. The second-order valence-corrected chi connectivity index (χ2v) is 6.74. The Morgan fingerprint density at radius 1 is 1.17 bits per heavy atom. The Kier molecular flexibility index (Phi) is 5.56. The molecule has 1 fully saturated rings. The molecule has 1 saturated heterocycles. The standard InChI is InChI=1S/C15H18ClN5OS/c16-13-3-1-12(2-4-13)9-20-5-7-21(8-6-20)10-14(22)18-15-19-17-11-23-15/h1-4,11H,5-10H2,(H,18,19,22). The molecule has 1 aliphatic heterocycles. The average Bonchev–Trinajstić information content (AvgIpc) is 3.04. The van der Waals surface area contributed by atoms with Crippen molar-refractivity contribution in [3.63, 3.8) is 0 Å². The highest BCUT2D eigenvalue weighted by Gasteiger charge is 2.19. The number of amides is 1. The number of hydrogen-bond donors (Lipinski definition) is 1. The first-order valence-corrected chi connectivity index (χ1v) is 8.70. The maximum atomic E-state index is 11.9. The van der Waals surface area contributed by atoms with E-state index < -0.39 is 0 Å². The van der Waals surface area contributed by atoms with Crippen molar-refractivity contribution in [1.82, 2.24) is 20.0 Å². The molecular weight excluding hydrogens is 334 g/mol. The Bertz CT molecular complexity index is 626. The molecule has 0 atom stereocenters. The van der Waals surface area contributed by atoms with Gasteiger partial charge in [0.25, 0.3) is 0 Å². The van der Waals surface area contributed by atoms with E-state index in [-0.39, 0.29) is 5.91 Å². The summed E-state index contributed by atoms with van der Waals surface area (Å²) < 4.78 is 0. The monoisotopic (exact) mass is 351 g/mol. The van der Waals surface area contributed by atoms with Crippen molar-refractivity contribution in [2.45, 2.75) is 6.54 Å². The minimum Gasteiger partial charge on any atom is -0.299 e. The number of carbonyl (C=O) groups is 1. The summed E-state index contributed by atoms with van der Waals surface area (Å²) in [5, 5.41) is 11.6. The molecule has 122 valence electrons. The summed E-state index contributed by atoms with van der Waals surface area (Å²) >= 11 is 7.23. The van der Waals surface area contributed by atoms with Gasteiger partial charge in [-0.1, -0.05) is 35.1 Å². The van der Waals surface area contributed by atoms with Crippen LogP contribution in [-0.4, -0.2) is 58.6 Å². The predicted octanol–water partition coefficient (Wildman–Crippen LogP) is 1.95. The molecule has 2 heterocycles. The first-order valence-electron chi connectivity index (χ1n) is 7.44. The Balaban J connectivity index is 1.41. The highest BCUT2D eigenvalue weighted by Crippen LogP contribution is 2.13. The first kappa shape index (κ1) is 16.3. The number of piperazine rings is 1. The zero-order chi connectivity index (χ0) is 16.1. The summed E-state index contributed by atoms with van der Waals surface area (Å²) in [5.41, 5.74) is 2.86. The molecule has 3 rings (SSSR count). The number of benzene rings is 1. The number of rotatable bonds is 5. The fourth-order valence-electron chi connectivity index (χ4n) is 2.54. The van der Waals surface area contributed by atoms with Gasteiger partial charge in [-0.2, -0.15) is 0 Å². The van der Waals surface area contributed by atoms with Crippen LogP contribution in [0.2, 0.25) is 5.02 Å². The summed E-state index contributed by atoms with van der Waals surface area (Å²) in [4.78, 5) is 16.5. The van der Waals surface area contributed by atoms with Gasteiger partial charge in [0.1, 0.15) is 5.51 Å². The lowest BCUT2D eigenvalue weighted by molar-refractivity contribution is -0.117. The van der Waals surface area contributed by atoms with E-state index in [4.69, 9.17) is 11.6 Å². The van der Waals surface area contributed by atoms with Gasteiger partial charge in [0, 0.05) is 37.7 Å². The van der Waals surface area contributed by atoms with Gasteiger partial charge in [-0.15, -0.1) is 10.2 Å². The van der Waals surface area contributed by atoms with Crippen LogP contribution < -0.4 is 5.32 Å². The lowest BCUT2D eigenvalue weighted by Gasteiger charge is -2.34. The van der Waals surface area contributed by atoms with E-state index in [2.05, 4.69) is 37.4 Å². The Morgan fingerprint density at radius 2 is 1.87 bits per heavy atom. The van der Waals surface area contributed by atoms with E-state index in [0.717, 1.165) is 37.7 Å². The molecule has 1 aliphatic rings. The van der Waals surface area contributed by atoms with Gasteiger partial charge in [0.15, 0.2) is 0 Å². The fraction of sp³-hybridized carbons (Fsp3) is 0.400. The van der Waals surface area contributed by atoms with E-state index in [9.17, 15) is 4.79 Å². The SMILES string of the molecule is O=C(CN1CCN(Cc2ccc(Cl)cc2)CC1)Nc1nncs1. The average molecular weight is 352 g/mol. The van der Waals surface area contributed by atoms with Crippen LogP contribution in [0, 0.1) is 0 Å². The molecule has 0 radical (unpaired) electrons. The minimum absolute atomic E-state index is 0.0344. The van der Waals surface area contributed by atoms with Crippen molar-refractivity contribution >= 4 is 34.0 Å². The van der Waals surface area contributed by atoms with Crippen LogP contribution in [0.15, 0.2) is 29.8 Å². The van der Waals surface area contributed by atoms with Crippen LogP contribution in [-0.2, 0) is 11.3 Å². The third kappa shape index (κ3) is 4.97. The third-order valence-corrected chi connectivity index (χ3v) is 4.62. The zero-order valence-corrected chi connectivity index (χ0v) is 14.2. The van der Waals surface area contributed by atoms with Gasteiger partial charge in [0.05, 0.1) is 6.54 Å². The van der Waals surface area contributed by atoms with Crippen LogP contribution in [0.5, 0.6) is 0 Å². The highest BCUT2D eigenvalue weighted by atomic mass is 35.5. The minimum atomic E-state index is -0.0344. The maximum absolute atomic E-state index is 11.9. The molecule has 2 aromatic rings. The molecule has 1 N–H and O–H groups in total. The van der Waals surface area contributed by atoms with Crippen molar-refractivity contribution in [1.29, 1.82) is 0 Å². The number of carbonyl (C=O) groups excluding carboxylic acids is 1. The van der Waals surface area contributed by atoms with Gasteiger partial charge in [-0.3, -0.25) is 19.9 Å². The van der Waals surface area contributed by atoms with Crippen LogP contribution in [0.1, 0.15) is 5.56 Å². The first-order chi connectivity index (χ1) is 11.2. The van der Waals surface area contributed by atoms with Gasteiger partial charge in [-0.05, 0) is 17.7 Å². The molecular formula is C15H18ClN5OS. The Labute approximate surface area is 144 Å². The molecule has 1 aromatic carbocycles. The van der Waals surface area contributed by atoms with E-state index in [0.29, 0.717) is 11.7 Å². The smallest absolute Gasteiger partial charge is 0.240 e. The Hall–Kier alpha value is -1.54. The molecule has 1 aromatic heterocycles. The summed E-state index contributed by atoms with van der Waals surface area (Å²) in [7, 11) is 0. The summed E-state index contributed by atoms with van der Waals surface area (Å²) in [6.07, 6.45) is 0. The van der Waals surface area contributed by atoms with Gasteiger partial charge in [-0.25, -0.2) is 0 Å². The molecule has 0 aliphatic carbocycles. The van der Waals surface area contributed by atoms with E-state index in [1.54, 1.807) is 5.51 Å².